The van der Waals surface area contributed by atoms with Crippen LogP contribution in [0.4, 0.5) is 39.8 Å². The number of nitrogens with one attached hydrogen (secondary N) is 5. The van der Waals surface area contributed by atoms with Crippen molar-refractivity contribution in [1.82, 2.24) is 5.32 Å². The van der Waals surface area contributed by atoms with Gasteiger partial charge in [0.1, 0.15) is 40.1 Å². The summed E-state index contributed by atoms with van der Waals surface area (Å²) in [4.78, 5) is 71.5. The van der Waals surface area contributed by atoms with E-state index in [9.17, 15) is 44.1 Å². The molecule has 0 fully saturated rings. The Morgan fingerprint density at radius 2 is 0.693 bits per heavy atom. The van der Waals surface area contributed by atoms with Gasteiger partial charge < -0.3 is 81.8 Å². The lowest BCUT2D eigenvalue weighted by Gasteiger charge is -2.16. The fourth-order valence-corrected chi connectivity index (χ4v) is 6.97. The number of methoxy groups -OCH3 is 1. The Morgan fingerprint density at radius 1 is 0.420 bits per heavy atom. The molecular formula is C63H79Cl3N8O14. The minimum atomic E-state index is -0.653. The van der Waals surface area contributed by atoms with E-state index in [0.29, 0.717) is 40.0 Å². The summed E-state index contributed by atoms with van der Waals surface area (Å²) in [7, 11) is 8.74. The van der Waals surface area contributed by atoms with E-state index in [-0.39, 0.29) is 80.2 Å². The van der Waals surface area contributed by atoms with Crippen LogP contribution in [0.15, 0.2) is 146 Å². The Bertz CT molecular complexity index is 3070. The minimum absolute atomic E-state index is 0. The Morgan fingerprint density at radius 3 is 0.989 bits per heavy atom. The number of anilines is 7. The van der Waals surface area contributed by atoms with Crippen molar-refractivity contribution in [2.45, 2.75) is 48.5 Å². The van der Waals surface area contributed by atoms with Crippen molar-refractivity contribution < 1.29 is 69.2 Å². The zero-order valence-electron chi connectivity index (χ0n) is 51.0. The lowest BCUT2D eigenvalue weighted by atomic mass is 10.1. The van der Waals surface area contributed by atoms with Crippen LogP contribution >= 0.6 is 35.6 Å². The lowest BCUT2D eigenvalue weighted by Crippen LogP contribution is -2.18. The Kier molecular flexibility index (Phi) is 36.7. The summed E-state index contributed by atoms with van der Waals surface area (Å²) >= 11 is 11.2. The quantitative estimate of drug-likeness (QED) is 0.0399. The molecule has 0 unspecified atom stereocenters. The molecule has 0 radical (unpaired) electrons. The van der Waals surface area contributed by atoms with Crippen molar-refractivity contribution in [3.05, 3.63) is 167 Å². The first-order valence-corrected chi connectivity index (χ1v) is 27.3. The molecule has 7 aromatic rings. The first kappa shape index (κ1) is 78.2. The molecule has 0 aromatic heterocycles. The van der Waals surface area contributed by atoms with E-state index in [0.717, 1.165) is 36.7 Å². The first-order chi connectivity index (χ1) is 41.0. The number of nitrogens with zero attached hydrogens (tertiary/aromatic N) is 3. The van der Waals surface area contributed by atoms with Crippen LogP contribution in [0.1, 0.15) is 69.2 Å². The maximum atomic E-state index is 11.3. The summed E-state index contributed by atoms with van der Waals surface area (Å²) in [6.45, 7) is 14.7. The van der Waals surface area contributed by atoms with Gasteiger partial charge in [-0.25, -0.2) is 4.79 Å². The molecule has 0 saturated carbocycles. The fraction of sp³-hybridized carbons (Fsp3) is 0.238. The molecular weight excluding hydrogens is 1200 g/mol. The molecule has 0 spiro atoms. The smallest absolute Gasteiger partial charge is 0.341 e. The molecule has 0 aliphatic carbocycles. The average molecular weight is 1280 g/mol. The summed E-state index contributed by atoms with van der Waals surface area (Å²) in [5, 5.41) is 76.5. The number of amides is 5. The highest BCUT2D eigenvalue weighted by atomic mass is 35.5. The van der Waals surface area contributed by atoms with Gasteiger partial charge in [-0.3, -0.25) is 24.0 Å². The molecule has 0 heterocycles. The number of halogens is 3. The highest BCUT2D eigenvalue weighted by molar-refractivity contribution is 6.37. The number of carbonyl (C=O) groups excluding carboxylic acids is 6. The topological polar surface area (TPSA) is 323 Å². The number of carbonyl (C=O) groups is 6. The van der Waals surface area contributed by atoms with E-state index >= 15 is 0 Å². The third-order valence-electron chi connectivity index (χ3n) is 11.3. The molecule has 25 heteroatoms. The number of benzene rings is 7. The molecule has 476 valence electrons. The van der Waals surface area contributed by atoms with Crippen LogP contribution in [0.25, 0.3) is 0 Å². The predicted octanol–water partition coefficient (Wildman–Crippen LogP) is 11.8. The van der Waals surface area contributed by atoms with Crippen molar-refractivity contribution in [3.63, 3.8) is 0 Å². The van der Waals surface area contributed by atoms with E-state index in [1.54, 1.807) is 48.5 Å². The van der Waals surface area contributed by atoms with E-state index in [2.05, 4.69) is 66.8 Å². The van der Waals surface area contributed by atoms with Gasteiger partial charge in [0.15, 0.2) is 5.75 Å². The summed E-state index contributed by atoms with van der Waals surface area (Å²) < 4.78 is 4.47. The molecule has 0 aliphatic rings. The van der Waals surface area contributed by atoms with Gasteiger partial charge in [0.25, 0.3) is 5.91 Å². The van der Waals surface area contributed by atoms with E-state index in [4.69, 9.17) is 43.6 Å². The van der Waals surface area contributed by atoms with Crippen LogP contribution in [-0.2, 0) is 23.9 Å². The van der Waals surface area contributed by atoms with Gasteiger partial charge >= 0.3 is 5.97 Å². The molecule has 12 N–H and O–H groups in total. The van der Waals surface area contributed by atoms with Crippen molar-refractivity contribution >= 4 is 111 Å². The Labute approximate surface area is 529 Å². The SMILES string of the molecule is CC(=O)Nc1cc(Cl)c(O)c(Cl)c1.CC(=O)Nc1ccc(O)cc1.CCN(C)c1ccc(O)cc1.CCN(C)c1ccc(O)cc1.CCN(C)c1ccc(O)cc1.CNC(=O)c1cc(NC(C)=O)ccc1O.COC(=O)c1cc(NC(C)=O)ccc1O.Cl. The maximum absolute atomic E-state index is 11.3. The monoisotopic (exact) mass is 1280 g/mol. The van der Waals surface area contributed by atoms with E-state index < -0.39 is 11.9 Å². The number of hydrogen-bond donors (Lipinski definition) is 12. The normalized spacial score (nSPS) is 9.43. The standard InChI is InChI=1S/C10H12N2O3.C10H11NO4.3C9H13NO.C8H7Cl2NO2.C8H9NO2.ClH/c1-6(13)12-7-3-4-9(14)8(5-7)10(15)11-2;1-6(12)11-7-3-4-9(13)8(5-7)10(14)15-2;3*1-3-10(2)8-4-6-9(11)7-5-8;1-4(12)11-5-2-6(9)8(13)7(10)3-5;1-6(10)9-7-2-4-8(11)5-3-7;/h3-5,14H,1-2H3,(H,11,15)(H,12,13);3-5,13H,1-2H3,(H,11,12);3*4-7,11H,3H2,1-2H3;2-3,13H,1H3,(H,11,12);2-5,11H,1H3,(H,9,10);1H. The summed E-state index contributed by atoms with van der Waals surface area (Å²) in [6, 6.07) is 39.2. The van der Waals surface area contributed by atoms with Crippen LogP contribution in [0.3, 0.4) is 0 Å². The summed E-state index contributed by atoms with van der Waals surface area (Å²) in [6.07, 6.45) is 0. The van der Waals surface area contributed by atoms with E-state index in [1.165, 1.54) is 103 Å². The highest BCUT2D eigenvalue weighted by Gasteiger charge is 2.13. The van der Waals surface area contributed by atoms with Gasteiger partial charge in [0.2, 0.25) is 23.6 Å². The van der Waals surface area contributed by atoms with Gasteiger partial charge in [-0.2, -0.15) is 0 Å². The number of ether oxygens (including phenoxy) is 1. The number of esters is 1. The molecule has 0 atom stereocenters. The Balaban J connectivity index is 0.00000101. The maximum Gasteiger partial charge on any atom is 0.341 e. The van der Waals surface area contributed by atoms with Crippen molar-refractivity contribution in [2.24, 2.45) is 0 Å². The van der Waals surface area contributed by atoms with Gasteiger partial charge in [-0.1, -0.05) is 23.2 Å². The average Bonchev–Trinajstić information content (AvgIpc) is 3.55. The molecule has 5 amide bonds. The second-order valence-electron chi connectivity index (χ2n) is 18.2. The molecule has 88 heavy (non-hydrogen) atoms. The molecule has 0 saturated heterocycles. The summed E-state index contributed by atoms with van der Waals surface area (Å²) in [5.41, 5.74) is 5.59. The molecule has 7 rings (SSSR count). The van der Waals surface area contributed by atoms with Crippen molar-refractivity contribution in [2.75, 3.05) is 90.9 Å². The third-order valence-corrected chi connectivity index (χ3v) is 11.9. The Hall–Kier alpha value is -9.77. The number of phenols is 7. The predicted molar refractivity (Wildman–Crippen MR) is 353 cm³/mol. The van der Waals surface area contributed by atoms with Gasteiger partial charge in [-0.05, 0) is 166 Å². The van der Waals surface area contributed by atoms with Gasteiger partial charge in [0, 0.05) is 115 Å². The highest BCUT2D eigenvalue weighted by Crippen LogP contribution is 2.34. The second kappa shape index (κ2) is 41.3. The van der Waals surface area contributed by atoms with Crippen molar-refractivity contribution in [1.29, 1.82) is 0 Å². The second-order valence-corrected chi connectivity index (χ2v) is 19.0. The molecule has 0 bridgehead atoms. The van der Waals surface area contributed by atoms with Crippen LogP contribution < -0.4 is 41.3 Å². The van der Waals surface area contributed by atoms with Crippen LogP contribution in [0.5, 0.6) is 40.2 Å². The van der Waals surface area contributed by atoms with Crippen molar-refractivity contribution in [3.8, 4) is 40.2 Å². The number of rotatable bonds is 12. The molecule has 0 aliphatic heterocycles. The van der Waals surface area contributed by atoms with Crippen LogP contribution in [-0.4, -0.2) is 126 Å². The van der Waals surface area contributed by atoms with Crippen LogP contribution in [0, 0.1) is 0 Å². The largest absolute Gasteiger partial charge is 0.508 e. The number of aromatic hydroxyl groups is 7. The summed E-state index contributed by atoms with van der Waals surface area (Å²) in [5.74, 6) is -1.22. The fourth-order valence-electron chi connectivity index (χ4n) is 6.48. The zero-order chi connectivity index (χ0) is 65.9. The number of hydrogen-bond acceptors (Lipinski definition) is 17. The first-order valence-electron chi connectivity index (χ1n) is 26.5. The van der Waals surface area contributed by atoms with Gasteiger partial charge in [0.05, 0.1) is 22.7 Å². The minimum Gasteiger partial charge on any atom is -0.508 e. The molecule has 7 aromatic carbocycles. The molecule has 22 nitrogen and oxygen atoms in total. The number of phenolic OH excluding ortho intramolecular Hbond substituents is 7. The van der Waals surface area contributed by atoms with E-state index in [1.807, 2.05) is 57.5 Å². The van der Waals surface area contributed by atoms with Crippen LogP contribution in [0.2, 0.25) is 10.0 Å². The van der Waals surface area contributed by atoms with Gasteiger partial charge in [-0.15, -0.1) is 12.4 Å². The lowest BCUT2D eigenvalue weighted by molar-refractivity contribution is -0.115. The zero-order valence-corrected chi connectivity index (χ0v) is 53.3. The third kappa shape index (κ3) is 30.9.